The first-order valence-corrected chi connectivity index (χ1v) is 7.52. The number of benzene rings is 1. The molecule has 0 aliphatic heterocycles. The second kappa shape index (κ2) is 5.52. The second-order valence-corrected chi connectivity index (χ2v) is 5.92. The van der Waals surface area contributed by atoms with E-state index in [2.05, 4.69) is 28.8 Å². The quantitative estimate of drug-likeness (QED) is 0.917. The number of hydrogen-bond donors (Lipinski definition) is 1. The number of nitrogens with zero attached hydrogens (tertiary/aromatic N) is 2. The summed E-state index contributed by atoms with van der Waals surface area (Å²) in [4.78, 5) is 10.3. The predicted octanol–water partition coefficient (Wildman–Crippen LogP) is 4.03. The van der Waals surface area contributed by atoms with Crippen LogP contribution in [0.3, 0.4) is 0 Å². The van der Waals surface area contributed by atoms with Crippen molar-refractivity contribution in [3.63, 3.8) is 0 Å². The van der Waals surface area contributed by atoms with E-state index >= 15 is 0 Å². The van der Waals surface area contributed by atoms with Crippen LogP contribution in [0, 0.1) is 5.82 Å². The summed E-state index contributed by atoms with van der Waals surface area (Å²) < 4.78 is 13.2. The van der Waals surface area contributed by atoms with E-state index in [-0.39, 0.29) is 11.9 Å². The summed E-state index contributed by atoms with van der Waals surface area (Å²) >= 11 is 0. The fourth-order valence-electron chi connectivity index (χ4n) is 3.20. The summed E-state index contributed by atoms with van der Waals surface area (Å²) in [5.41, 5.74) is 1.62. The zero-order valence-electron chi connectivity index (χ0n) is 12.2. The van der Waals surface area contributed by atoms with E-state index < -0.39 is 0 Å². The van der Waals surface area contributed by atoms with Crippen LogP contribution < -0.4 is 0 Å². The van der Waals surface area contributed by atoms with Crippen molar-refractivity contribution in [1.82, 2.24) is 14.9 Å². The van der Waals surface area contributed by atoms with Gasteiger partial charge in [0, 0.05) is 6.04 Å². The largest absolute Gasteiger partial charge is 0.341 e. The summed E-state index contributed by atoms with van der Waals surface area (Å²) in [6, 6.07) is 5.58. The molecule has 108 valence electrons. The molecule has 1 saturated carbocycles. The van der Waals surface area contributed by atoms with Crippen LogP contribution in [-0.2, 0) is 0 Å². The standard InChI is InChI=1S/C16H22FN3/c1-11(20(2)13-6-4-3-5-7-13)16-18-14-9-8-12(17)10-15(14)19-16/h8-11,13H,3-7H2,1-2H3,(H,18,19). The van der Waals surface area contributed by atoms with Crippen molar-refractivity contribution < 1.29 is 4.39 Å². The number of halogens is 1. The van der Waals surface area contributed by atoms with Crippen molar-refractivity contribution in [1.29, 1.82) is 0 Å². The van der Waals surface area contributed by atoms with Crippen molar-refractivity contribution >= 4 is 11.0 Å². The number of rotatable bonds is 3. The topological polar surface area (TPSA) is 31.9 Å². The normalized spacial score (nSPS) is 18.8. The fraction of sp³-hybridized carbons (Fsp3) is 0.562. The summed E-state index contributed by atoms with van der Waals surface area (Å²) in [6.45, 7) is 2.17. The minimum atomic E-state index is -0.221. The average molecular weight is 275 g/mol. The molecule has 1 aromatic heterocycles. The minimum absolute atomic E-state index is 0.221. The van der Waals surface area contributed by atoms with E-state index in [1.54, 1.807) is 6.07 Å². The highest BCUT2D eigenvalue weighted by molar-refractivity contribution is 5.75. The lowest BCUT2D eigenvalue weighted by atomic mass is 9.93. The molecule has 1 aliphatic carbocycles. The van der Waals surface area contributed by atoms with E-state index in [1.165, 1.54) is 44.2 Å². The van der Waals surface area contributed by atoms with Crippen LogP contribution in [0.5, 0.6) is 0 Å². The molecule has 0 saturated heterocycles. The zero-order valence-corrected chi connectivity index (χ0v) is 12.2. The van der Waals surface area contributed by atoms with Crippen LogP contribution in [0.25, 0.3) is 11.0 Å². The highest BCUT2D eigenvalue weighted by atomic mass is 19.1. The third-order valence-electron chi connectivity index (χ3n) is 4.62. The number of imidazole rings is 1. The van der Waals surface area contributed by atoms with Gasteiger partial charge in [0.25, 0.3) is 0 Å². The molecule has 1 atom stereocenters. The molecule has 0 amide bonds. The van der Waals surface area contributed by atoms with Gasteiger partial charge < -0.3 is 4.98 Å². The van der Waals surface area contributed by atoms with Gasteiger partial charge in [0.2, 0.25) is 0 Å². The predicted molar refractivity (Wildman–Crippen MR) is 79.1 cm³/mol. The van der Waals surface area contributed by atoms with E-state index in [0.29, 0.717) is 6.04 Å². The molecule has 1 N–H and O–H groups in total. The molecule has 0 spiro atoms. The molecule has 1 fully saturated rings. The van der Waals surface area contributed by atoms with Crippen LogP contribution in [0.1, 0.15) is 50.9 Å². The number of fused-ring (bicyclic) bond motifs is 1. The highest BCUT2D eigenvalue weighted by Gasteiger charge is 2.24. The Morgan fingerprint density at radius 2 is 2.05 bits per heavy atom. The van der Waals surface area contributed by atoms with Gasteiger partial charge in [0.1, 0.15) is 11.6 Å². The van der Waals surface area contributed by atoms with Crippen LogP contribution in [0.4, 0.5) is 4.39 Å². The molecule has 0 radical (unpaired) electrons. The molecule has 20 heavy (non-hydrogen) atoms. The minimum Gasteiger partial charge on any atom is -0.341 e. The van der Waals surface area contributed by atoms with Gasteiger partial charge in [0.15, 0.2) is 0 Å². The molecular weight excluding hydrogens is 253 g/mol. The molecule has 2 aromatic rings. The first kappa shape index (κ1) is 13.6. The second-order valence-electron chi connectivity index (χ2n) is 5.92. The SMILES string of the molecule is CC(c1nc2ccc(F)cc2[nH]1)N(C)C1CCCCC1. The average Bonchev–Trinajstić information content (AvgIpc) is 2.89. The molecule has 1 aromatic carbocycles. The Morgan fingerprint density at radius 1 is 1.30 bits per heavy atom. The summed E-state index contributed by atoms with van der Waals surface area (Å²) in [7, 11) is 2.18. The Kier molecular flexibility index (Phi) is 3.74. The maximum Gasteiger partial charge on any atom is 0.125 e. The van der Waals surface area contributed by atoms with E-state index in [1.807, 2.05) is 0 Å². The summed E-state index contributed by atoms with van der Waals surface area (Å²) in [5, 5.41) is 0. The number of hydrogen-bond acceptors (Lipinski definition) is 2. The molecule has 1 unspecified atom stereocenters. The lowest BCUT2D eigenvalue weighted by molar-refractivity contribution is 0.142. The Hall–Kier alpha value is -1.42. The summed E-state index contributed by atoms with van der Waals surface area (Å²) in [5.74, 6) is 0.708. The van der Waals surface area contributed by atoms with Gasteiger partial charge in [-0.2, -0.15) is 0 Å². The van der Waals surface area contributed by atoms with Gasteiger partial charge in [-0.1, -0.05) is 19.3 Å². The number of nitrogens with one attached hydrogen (secondary N) is 1. The first-order valence-electron chi connectivity index (χ1n) is 7.52. The molecule has 3 rings (SSSR count). The summed E-state index contributed by atoms with van der Waals surface area (Å²) in [6.07, 6.45) is 6.56. The fourth-order valence-corrected chi connectivity index (χ4v) is 3.20. The Labute approximate surface area is 119 Å². The molecule has 0 bridgehead atoms. The van der Waals surface area contributed by atoms with Gasteiger partial charge in [0.05, 0.1) is 17.1 Å². The van der Waals surface area contributed by atoms with Gasteiger partial charge >= 0.3 is 0 Å². The van der Waals surface area contributed by atoms with Gasteiger partial charge in [-0.15, -0.1) is 0 Å². The van der Waals surface area contributed by atoms with E-state index in [0.717, 1.165) is 16.9 Å². The van der Waals surface area contributed by atoms with Gasteiger partial charge in [-0.3, -0.25) is 4.90 Å². The van der Waals surface area contributed by atoms with Crippen LogP contribution in [0.15, 0.2) is 18.2 Å². The lowest BCUT2D eigenvalue weighted by Gasteiger charge is -2.34. The Bertz CT molecular complexity index is 586. The molecule has 3 nitrogen and oxygen atoms in total. The number of aromatic amines is 1. The van der Waals surface area contributed by atoms with Crippen LogP contribution in [0.2, 0.25) is 0 Å². The van der Waals surface area contributed by atoms with Crippen LogP contribution in [-0.4, -0.2) is 28.0 Å². The smallest absolute Gasteiger partial charge is 0.125 e. The van der Waals surface area contributed by atoms with Gasteiger partial charge in [-0.25, -0.2) is 9.37 Å². The van der Waals surface area contributed by atoms with Crippen molar-refractivity contribution in [3.05, 3.63) is 29.8 Å². The molecule has 1 aliphatic rings. The third-order valence-corrected chi connectivity index (χ3v) is 4.62. The van der Waals surface area contributed by atoms with Crippen molar-refractivity contribution in [2.75, 3.05) is 7.05 Å². The zero-order chi connectivity index (χ0) is 14.1. The number of H-pyrrole nitrogens is 1. The van der Waals surface area contributed by atoms with Crippen molar-refractivity contribution in [2.24, 2.45) is 0 Å². The van der Waals surface area contributed by atoms with Crippen LogP contribution >= 0.6 is 0 Å². The molecular formula is C16H22FN3. The Morgan fingerprint density at radius 3 is 2.80 bits per heavy atom. The highest BCUT2D eigenvalue weighted by Crippen LogP contribution is 2.28. The Balaban J connectivity index is 1.81. The van der Waals surface area contributed by atoms with Gasteiger partial charge in [-0.05, 0) is 45.0 Å². The maximum absolute atomic E-state index is 13.2. The van der Waals surface area contributed by atoms with Crippen molar-refractivity contribution in [2.45, 2.75) is 51.1 Å². The molecule has 4 heteroatoms. The number of aromatic nitrogens is 2. The lowest BCUT2D eigenvalue weighted by Crippen LogP contribution is -2.35. The maximum atomic E-state index is 13.2. The van der Waals surface area contributed by atoms with E-state index in [4.69, 9.17) is 0 Å². The first-order chi connectivity index (χ1) is 9.65. The molecule has 1 heterocycles. The third kappa shape index (κ3) is 2.57. The van der Waals surface area contributed by atoms with Crippen molar-refractivity contribution in [3.8, 4) is 0 Å². The van der Waals surface area contributed by atoms with E-state index in [9.17, 15) is 4.39 Å². The monoisotopic (exact) mass is 275 g/mol.